The van der Waals surface area contributed by atoms with Crippen LogP contribution in [0.2, 0.25) is 0 Å². The van der Waals surface area contributed by atoms with Gasteiger partial charge < -0.3 is 9.64 Å². The highest BCUT2D eigenvalue weighted by Crippen LogP contribution is 2.17. The third kappa shape index (κ3) is 3.24. The molecule has 2 nitrogen and oxygen atoms in total. The van der Waals surface area contributed by atoms with Crippen LogP contribution in [-0.4, -0.2) is 18.5 Å². The number of ether oxygens (including phenoxy) is 1. The maximum Gasteiger partial charge on any atom is 0.222 e. The maximum atomic E-state index is 5.13. The van der Waals surface area contributed by atoms with Crippen LogP contribution in [0, 0.1) is 0 Å². The highest BCUT2D eigenvalue weighted by molar-refractivity contribution is 8.10. The lowest BCUT2D eigenvalue weighted by molar-refractivity contribution is 0.580. The van der Waals surface area contributed by atoms with Gasteiger partial charge in [-0.25, -0.2) is 0 Å². The number of hydrogen-bond donors (Lipinski definition) is 1. The second-order valence-electron chi connectivity index (χ2n) is 2.76. The van der Waals surface area contributed by atoms with Crippen molar-refractivity contribution in [3.63, 3.8) is 0 Å². The predicted molar refractivity (Wildman–Crippen MR) is 63.0 cm³/mol. The average molecular weight is 213 g/mol. The zero-order valence-corrected chi connectivity index (χ0v) is 9.23. The number of thiocarbonyl (C=S) groups is 1. The van der Waals surface area contributed by atoms with Gasteiger partial charge in [-0.3, -0.25) is 0 Å². The molecule has 1 aromatic rings. The molecule has 70 valence electrons. The van der Waals surface area contributed by atoms with Crippen molar-refractivity contribution in [2.75, 3.05) is 19.0 Å². The van der Waals surface area contributed by atoms with Crippen LogP contribution < -0.4 is 9.64 Å². The Morgan fingerprint density at radius 2 is 1.85 bits per heavy atom. The summed E-state index contributed by atoms with van der Waals surface area (Å²) in [5, 5.41) is 0. The lowest BCUT2D eigenvalue weighted by Crippen LogP contribution is -2.08. The molecule has 0 N–H and O–H groups in total. The molecule has 0 heterocycles. The Kier molecular flexibility index (Phi) is 3.57. The molecule has 0 atom stereocenters. The number of benzene rings is 1. The number of rotatable bonds is 2. The highest BCUT2D eigenvalue weighted by atomic mass is 32.1. The number of anilines is 1. The molecule has 0 saturated carbocycles. The minimum absolute atomic E-state index is 0.234. The fourth-order valence-corrected chi connectivity index (χ4v) is 1.11. The van der Waals surface area contributed by atoms with E-state index in [1.54, 1.807) is 0 Å². The van der Waals surface area contributed by atoms with Crippen LogP contribution in [0.4, 0.5) is 5.69 Å². The topological polar surface area (TPSA) is 12.5 Å². The molecule has 0 bridgehead atoms. The first-order valence-electron chi connectivity index (χ1n) is 3.78. The van der Waals surface area contributed by atoms with Crippen LogP contribution in [0.25, 0.3) is 0 Å². The smallest absolute Gasteiger partial charge is 0.222 e. The lowest BCUT2D eigenvalue weighted by Gasteiger charge is -2.12. The zero-order valence-electron chi connectivity index (χ0n) is 7.52. The van der Waals surface area contributed by atoms with Crippen LogP contribution in [0.5, 0.6) is 5.75 Å². The van der Waals surface area contributed by atoms with Crippen molar-refractivity contribution in [3.8, 4) is 5.75 Å². The maximum absolute atomic E-state index is 5.13. The lowest BCUT2D eigenvalue weighted by atomic mass is 10.3. The van der Waals surface area contributed by atoms with Gasteiger partial charge in [-0.05, 0) is 36.5 Å². The van der Waals surface area contributed by atoms with Crippen molar-refractivity contribution in [2.24, 2.45) is 0 Å². The standard InChI is InChI=1S/C9H11NOS2/c1-10(2)7-3-5-8(6-4-7)11-9(12)13/h3-6H,1-2H3,(H,12,13). The van der Waals surface area contributed by atoms with E-state index in [2.05, 4.69) is 12.6 Å². The van der Waals surface area contributed by atoms with Gasteiger partial charge in [0.25, 0.3) is 0 Å². The Balaban J connectivity index is 2.75. The van der Waals surface area contributed by atoms with Crippen molar-refractivity contribution in [1.29, 1.82) is 0 Å². The predicted octanol–water partition coefficient (Wildman–Crippen LogP) is 2.35. The van der Waals surface area contributed by atoms with Crippen LogP contribution in [0.15, 0.2) is 24.3 Å². The normalized spacial score (nSPS) is 9.46. The van der Waals surface area contributed by atoms with Gasteiger partial charge >= 0.3 is 0 Å². The molecular weight excluding hydrogens is 202 g/mol. The summed E-state index contributed by atoms with van der Waals surface area (Å²) < 4.78 is 5.36. The van der Waals surface area contributed by atoms with E-state index in [0.29, 0.717) is 5.75 Å². The Morgan fingerprint density at radius 3 is 2.23 bits per heavy atom. The van der Waals surface area contributed by atoms with Crippen molar-refractivity contribution in [3.05, 3.63) is 24.3 Å². The van der Waals surface area contributed by atoms with Gasteiger partial charge in [0.1, 0.15) is 5.75 Å². The molecule has 13 heavy (non-hydrogen) atoms. The van der Waals surface area contributed by atoms with Crippen molar-refractivity contribution >= 4 is 34.9 Å². The van der Waals surface area contributed by atoms with E-state index >= 15 is 0 Å². The molecule has 0 amide bonds. The third-order valence-electron chi connectivity index (χ3n) is 1.56. The van der Waals surface area contributed by atoms with E-state index in [1.807, 2.05) is 43.3 Å². The first kappa shape index (κ1) is 10.3. The summed E-state index contributed by atoms with van der Waals surface area (Å²) in [5.74, 6) is 0.714. The SMILES string of the molecule is CN(C)c1ccc(OC(=S)S)cc1. The molecule has 0 radical (unpaired) electrons. The molecule has 0 fully saturated rings. The molecule has 0 aliphatic carbocycles. The first-order chi connectivity index (χ1) is 6.09. The Labute approximate surface area is 88.9 Å². The van der Waals surface area contributed by atoms with E-state index in [4.69, 9.17) is 17.0 Å². The molecule has 4 heteroatoms. The van der Waals surface area contributed by atoms with Crippen LogP contribution >= 0.6 is 24.8 Å². The average Bonchev–Trinajstić information content (AvgIpc) is 2.04. The number of hydrogen-bond acceptors (Lipinski definition) is 3. The van der Waals surface area contributed by atoms with Crippen molar-refractivity contribution in [2.45, 2.75) is 0 Å². The van der Waals surface area contributed by atoms with Gasteiger partial charge in [-0.2, -0.15) is 0 Å². The monoisotopic (exact) mass is 213 g/mol. The molecule has 0 saturated heterocycles. The summed E-state index contributed by atoms with van der Waals surface area (Å²) in [5.41, 5.74) is 1.12. The summed E-state index contributed by atoms with van der Waals surface area (Å²) in [6.07, 6.45) is 0. The number of nitrogens with zero attached hydrogens (tertiary/aromatic N) is 1. The summed E-state index contributed by atoms with van der Waals surface area (Å²) in [7, 11) is 3.97. The Morgan fingerprint density at radius 1 is 1.31 bits per heavy atom. The van der Waals surface area contributed by atoms with Gasteiger partial charge in [-0.15, -0.1) is 0 Å². The Hall–Kier alpha value is -0.740. The minimum atomic E-state index is 0.234. The van der Waals surface area contributed by atoms with Crippen molar-refractivity contribution in [1.82, 2.24) is 0 Å². The van der Waals surface area contributed by atoms with E-state index in [1.165, 1.54) is 0 Å². The molecule has 0 aliphatic heterocycles. The van der Waals surface area contributed by atoms with Gasteiger partial charge in [0.2, 0.25) is 4.38 Å². The van der Waals surface area contributed by atoms with Gasteiger partial charge in [-0.1, -0.05) is 12.6 Å². The van der Waals surface area contributed by atoms with Crippen molar-refractivity contribution < 1.29 is 4.74 Å². The van der Waals surface area contributed by atoms with Crippen LogP contribution in [0.3, 0.4) is 0 Å². The third-order valence-corrected chi connectivity index (χ3v) is 1.73. The second kappa shape index (κ2) is 4.48. The minimum Gasteiger partial charge on any atom is -0.440 e. The molecule has 1 aromatic carbocycles. The van der Waals surface area contributed by atoms with Crippen LogP contribution in [-0.2, 0) is 0 Å². The molecule has 0 spiro atoms. The summed E-state index contributed by atoms with van der Waals surface area (Å²) in [4.78, 5) is 2.02. The van der Waals surface area contributed by atoms with Crippen LogP contribution in [0.1, 0.15) is 0 Å². The first-order valence-corrected chi connectivity index (χ1v) is 4.63. The van der Waals surface area contributed by atoms with E-state index < -0.39 is 0 Å². The summed E-state index contributed by atoms with van der Waals surface area (Å²) in [6.45, 7) is 0. The molecular formula is C9H11NOS2. The fourth-order valence-electron chi connectivity index (χ4n) is 0.913. The summed E-state index contributed by atoms with van der Waals surface area (Å²) >= 11 is 8.57. The highest BCUT2D eigenvalue weighted by Gasteiger charge is 1.97. The van der Waals surface area contributed by atoms with E-state index in [0.717, 1.165) is 5.69 Å². The quantitative estimate of drug-likeness (QED) is 0.598. The van der Waals surface area contributed by atoms with E-state index in [9.17, 15) is 0 Å². The zero-order chi connectivity index (χ0) is 9.84. The second-order valence-corrected chi connectivity index (χ2v) is 3.84. The largest absolute Gasteiger partial charge is 0.440 e. The summed E-state index contributed by atoms with van der Waals surface area (Å²) in [6, 6.07) is 7.64. The van der Waals surface area contributed by atoms with Gasteiger partial charge in [0.15, 0.2) is 0 Å². The molecule has 0 aliphatic rings. The van der Waals surface area contributed by atoms with Gasteiger partial charge in [0.05, 0.1) is 0 Å². The van der Waals surface area contributed by atoms with E-state index in [-0.39, 0.29) is 4.38 Å². The fraction of sp³-hybridized carbons (Fsp3) is 0.222. The molecule has 1 rings (SSSR count). The van der Waals surface area contributed by atoms with Gasteiger partial charge in [0, 0.05) is 19.8 Å². The molecule has 0 aromatic heterocycles. The Bertz CT molecular complexity index is 295. The molecule has 0 unspecified atom stereocenters. The number of thiol groups is 1.